The largest absolute Gasteiger partial charge is 0.367 e. The molecule has 0 spiro atoms. The lowest BCUT2D eigenvalue weighted by Gasteiger charge is -2.23. The van der Waals surface area contributed by atoms with Crippen molar-refractivity contribution < 1.29 is 9.59 Å². The van der Waals surface area contributed by atoms with E-state index in [4.69, 9.17) is 0 Å². The predicted octanol–water partition coefficient (Wildman–Crippen LogP) is 2.48. The molecule has 6 nitrogen and oxygen atoms in total. The summed E-state index contributed by atoms with van der Waals surface area (Å²) in [6, 6.07) is 11.9. The molecule has 2 aromatic rings. The van der Waals surface area contributed by atoms with E-state index >= 15 is 0 Å². The van der Waals surface area contributed by atoms with Gasteiger partial charge in [-0.3, -0.25) is 9.59 Å². The minimum absolute atomic E-state index is 0.0132. The van der Waals surface area contributed by atoms with E-state index in [2.05, 4.69) is 15.6 Å². The number of nitrogens with one attached hydrogen (secondary N) is 3. The van der Waals surface area contributed by atoms with Crippen molar-refractivity contribution in [2.24, 2.45) is 0 Å². The summed E-state index contributed by atoms with van der Waals surface area (Å²) in [7, 11) is 0. The van der Waals surface area contributed by atoms with Crippen LogP contribution in [-0.4, -0.2) is 47.9 Å². The smallest absolute Gasteiger partial charge is 0.255 e. The van der Waals surface area contributed by atoms with Crippen molar-refractivity contribution in [2.45, 2.75) is 31.7 Å². The molecule has 3 rings (SSSR count). The van der Waals surface area contributed by atoms with Crippen LogP contribution in [0.4, 0.5) is 0 Å². The molecule has 3 N–H and O–H groups in total. The van der Waals surface area contributed by atoms with E-state index < -0.39 is 0 Å². The van der Waals surface area contributed by atoms with E-state index in [0.29, 0.717) is 31.6 Å². The average Bonchev–Trinajstić information content (AvgIpc) is 3.23. The number of aromatic nitrogens is 1. The van der Waals surface area contributed by atoms with Crippen LogP contribution in [0.15, 0.2) is 48.8 Å². The average molecular weight is 368 g/mol. The van der Waals surface area contributed by atoms with Gasteiger partial charge in [0, 0.05) is 44.5 Å². The summed E-state index contributed by atoms with van der Waals surface area (Å²) in [4.78, 5) is 29.8. The molecular weight excluding hydrogens is 340 g/mol. The molecule has 1 aromatic heterocycles. The summed E-state index contributed by atoms with van der Waals surface area (Å²) in [5.74, 6) is 0.130. The lowest BCUT2D eigenvalue weighted by molar-refractivity contribution is -0.121. The van der Waals surface area contributed by atoms with Crippen molar-refractivity contribution >= 4 is 11.8 Å². The fourth-order valence-corrected chi connectivity index (χ4v) is 3.41. The van der Waals surface area contributed by atoms with Crippen molar-refractivity contribution in [3.05, 3.63) is 59.9 Å². The highest BCUT2D eigenvalue weighted by atomic mass is 16.2. The van der Waals surface area contributed by atoms with E-state index in [1.54, 1.807) is 12.4 Å². The standard InChI is InChI=1S/C21H28N4O2/c26-20-15-19(17-7-2-1-3-8-17)23-11-6-14-25(13-5-4-10-24-20)21(27)18-9-12-22-16-18/h1-3,7-9,12,16,19,22-23H,4-6,10-11,13-15H2,(H,24,26). The molecule has 1 atom stereocenters. The third-order valence-corrected chi connectivity index (χ3v) is 4.90. The molecule has 1 aliphatic rings. The van der Waals surface area contributed by atoms with Crippen LogP contribution in [0.3, 0.4) is 0 Å². The van der Waals surface area contributed by atoms with Gasteiger partial charge < -0.3 is 20.5 Å². The third-order valence-electron chi connectivity index (χ3n) is 4.90. The Labute approximate surface area is 160 Å². The van der Waals surface area contributed by atoms with E-state index in [9.17, 15) is 9.59 Å². The first-order valence-corrected chi connectivity index (χ1v) is 9.71. The molecule has 2 heterocycles. The van der Waals surface area contributed by atoms with Crippen LogP contribution in [0.5, 0.6) is 0 Å². The summed E-state index contributed by atoms with van der Waals surface area (Å²) in [5, 5.41) is 6.50. The van der Waals surface area contributed by atoms with Crippen LogP contribution in [-0.2, 0) is 4.79 Å². The van der Waals surface area contributed by atoms with E-state index in [1.165, 1.54) is 0 Å². The number of H-pyrrole nitrogens is 1. The number of aromatic amines is 1. The number of carbonyl (C=O) groups excluding carboxylic acids is 2. The van der Waals surface area contributed by atoms with Crippen LogP contribution in [0.1, 0.15) is 47.6 Å². The Morgan fingerprint density at radius 1 is 1.00 bits per heavy atom. The Morgan fingerprint density at radius 2 is 1.81 bits per heavy atom. The van der Waals surface area contributed by atoms with E-state index in [0.717, 1.165) is 31.4 Å². The molecule has 1 unspecified atom stereocenters. The second-order valence-electron chi connectivity index (χ2n) is 6.92. The van der Waals surface area contributed by atoms with Gasteiger partial charge in [-0.2, -0.15) is 0 Å². The zero-order valence-corrected chi connectivity index (χ0v) is 15.6. The monoisotopic (exact) mass is 368 g/mol. The first kappa shape index (κ1) is 19.2. The Hall–Kier alpha value is -2.60. The molecule has 1 aliphatic heterocycles. The zero-order chi connectivity index (χ0) is 18.9. The SMILES string of the molecule is O=C1CC(c2ccccc2)NCCCN(C(=O)c2cc[nH]c2)CCCCN1. The number of benzene rings is 1. The van der Waals surface area contributed by atoms with Crippen molar-refractivity contribution in [3.63, 3.8) is 0 Å². The van der Waals surface area contributed by atoms with Gasteiger partial charge in [-0.05, 0) is 37.4 Å². The minimum Gasteiger partial charge on any atom is -0.367 e. The van der Waals surface area contributed by atoms with Gasteiger partial charge >= 0.3 is 0 Å². The maximum absolute atomic E-state index is 12.7. The number of hydrogen-bond acceptors (Lipinski definition) is 3. The van der Waals surface area contributed by atoms with Gasteiger partial charge in [-0.1, -0.05) is 30.3 Å². The van der Waals surface area contributed by atoms with Gasteiger partial charge in [-0.25, -0.2) is 0 Å². The molecule has 0 aliphatic carbocycles. The second kappa shape index (κ2) is 9.92. The summed E-state index contributed by atoms with van der Waals surface area (Å²) in [6.45, 7) is 2.82. The van der Waals surface area contributed by atoms with Gasteiger partial charge in [0.2, 0.25) is 5.91 Å². The van der Waals surface area contributed by atoms with Crippen molar-refractivity contribution in [2.75, 3.05) is 26.2 Å². The topological polar surface area (TPSA) is 77.2 Å². The van der Waals surface area contributed by atoms with Crippen molar-refractivity contribution in [3.8, 4) is 0 Å². The maximum atomic E-state index is 12.7. The molecule has 0 bridgehead atoms. The van der Waals surface area contributed by atoms with Crippen LogP contribution in [0, 0.1) is 0 Å². The van der Waals surface area contributed by atoms with Gasteiger partial charge in [-0.15, -0.1) is 0 Å². The minimum atomic E-state index is -0.0132. The van der Waals surface area contributed by atoms with Gasteiger partial charge in [0.05, 0.1) is 5.56 Å². The zero-order valence-electron chi connectivity index (χ0n) is 15.6. The molecule has 6 heteroatoms. The molecule has 0 radical (unpaired) electrons. The summed E-state index contributed by atoms with van der Waals surface area (Å²) >= 11 is 0. The quantitative estimate of drug-likeness (QED) is 0.762. The first-order chi connectivity index (χ1) is 13.2. The van der Waals surface area contributed by atoms with Crippen LogP contribution >= 0.6 is 0 Å². The third kappa shape index (κ3) is 5.69. The molecule has 2 amide bonds. The summed E-state index contributed by atoms with van der Waals surface area (Å²) < 4.78 is 0. The summed E-state index contributed by atoms with van der Waals surface area (Å²) in [6.07, 6.45) is 6.54. The highest BCUT2D eigenvalue weighted by molar-refractivity contribution is 5.94. The molecule has 27 heavy (non-hydrogen) atoms. The van der Waals surface area contributed by atoms with Gasteiger partial charge in [0.1, 0.15) is 0 Å². The van der Waals surface area contributed by atoms with Crippen LogP contribution < -0.4 is 10.6 Å². The highest BCUT2D eigenvalue weighted by Crippen LogP contribution is 2.17. The number of amides is 2. The molecule has 1 aromatic carbocycles. The van der Waals surface area contributed by atoms with Gasteiger partial charge in [0.25, 0.3) is 5.91 Å². The Morgan fingerprint density at radius 3 is 2.59 bits per heavy atom. The Balaban J connectivity index is 1.65. The fraction of sp³-hybridized carbons (Fsp3) is 0.429. The highest BCUT2D eigenvalue weighted by Gasteiger charge is 2.18. The number of hydrogen-bond donors (Lipinski definition) is 3. The fourth-order valence-electron chi connectivity index (χ4n) is 3.41. The maximum Gasteiger partial charge on any atom is 0.255 e. The predicted molar refractivity (Wildman–Crippen MR) is 105 cm³/mol. The molecule has 0 saturated carbocycles. The van der Waals surface area contributed by atoms with Crippen molar-refractivity contribution in [1.29, 1.82) is 0 Å². The van der Waals surface area contributed by atoms with Crippen LogP contribution in [0.2, 0.25) is 0 Å². The van der Waals surface area contributed by atoms with Crippen LogP contribution in [0.25, 0.3) is 0 Å². The second-order valence-corrected chi connectivity index (χ2v) is 6.92. The Bertz CT molecular complexity index is 715. The Kier molecular flexibility index (Phi) is 7.04. The summed E-state index contributed by atoms with van der Waals surface area (Å²) in [5.41, 5.74) is 1.81. The van der Waals surface area contributed by atoms with E-state index in [1.807, 2.05) is 41.3 Å². The normalized spacial score (nSPS) is 20.1. The van der Waals surface area contributed by atoms with Gasteiger partial charge in [0.15, 0.2) is 0 Å². The lowest BCUT2D eigenvalue weighted by Crippen LogP contribution is -2.34. The lowest BCUT2D eigenvalue weighted by atomic mass is 10.0. The molecule has 1 saturated heterocycles. The number of carbonyl (C=O) groups is 2. The first-order valence-electron chi connectivity index (χ1n) is 9.71. The molecular formula is C21H28N4O2. The molecule has 144 valence electrons. The molecule has 1 fully saturated rings. The van der Waals surface area contributed by atoms with Crippen molar-refractivity contribution in [1.82, 2.24) is 20.5 Å². The number of rotatable bonds is 2. The number of nitrogens with zero attached hydrogens (tertiary/aromatic N) is 1. The van der Waals surface area contributed by atoms with E-state index in [-0.39, 0.29) is 17.9 Å².